The van der Waals surface area contributed by atoms with E-state index in [0.29, 0.717) is 55.9 Å². The molecule has 2 aromatic heterocycles. The quantitative estimate of drug-likeness (QED) is 0.394. The molecule has 0 saturated carbocycles. The highest BCUT2D eigenvalue weighted by molar-refractivity contribution is 6.29. The summed E-state index contributed by atoms with van der Waals surface area (Å²) in [6.07, 6.45) is 6.36. The van der Waals surface area contributed by atoms with E-state index in [1.54, 1.807) is 36.5 Å². The van der Waals surface area contributed by atoms with Crippen LogP contribution in [-0.2, 0) is 16.0 Å². The molecule has 1 aliphatic heterocycles. The van der Waals surface area contributed by atoms with Crippen molar-refractivity contribution < 1.29 is 14.3 Å². The van der Waals surface area contributed by atoms with Gasteiger partial charge in [-0.2, -0.15) is 4.98 Å². The first kappa shape index (κ1) is 27.4. The predicted octanol–water partition coefficient (Wildman–Crippen LogP) is 3.14. The first-order valence-electron chi connectivity index (χ1n) is 12.8. The average Bonchev–Trinajstić information content (AvgIpc) is 3.43. The van der Waals surface area contributed by atoms with Crippen LogP contribution in [0.25, 0.3) is 5.95 Å². The van der Waals surface area contributed by atoms with Crippen molar-refractivity contribution >= 4 is 29.2 Å². The number of halogens is 1. The van der Waals surface area contributed by atoms with Gasteiger partial charge in [0.05, 0.1) is 13.2 Å². The van der Waals surface area contributed by atoms with Crippen LogP contribution in [0, 0.1) is 5.92 Å². The maximum atomic E-state index is 13.0. The number of ether oxygens (including phenoxy) is 1. The molecule has 1 atom stereocenters. The number of nitrogens with zero attached hydrogens (tertiary/aromatic N) is 6. The van der Waals surface area contributed by atoms with E-state index < -0.39 is 0 Å². The maximum Gasteiger partial charge on any atom is 0.238 e. The molecule has 0 spiro atoms. The van der Waals surface area contributed by atoms with Crippen molar-refractivity contribution in [3.8, 4) is 11.7 Å². The first-order valence-corrected chi connectivity index (χ1v) is 13.2. The zero-order chi connectivity index (χ0) is 27.1. The number of aromatic nitrogens is 4. The molecule has 0 aliphatic carbocycles. The van der Waals surface area contributed by atoms with Crippen LogP contribution in [0.4, 0.5) is 5.82 Å². The molecule has 1 aliphatic rings. The number of hydrogen-bond donors (Lipinski definition) is 1. The number of anilines is 1. The predicted molar refractivity (Wildman–Crippen MR) is 146 cm³/mol. The molecule has 3 heterocycles. The summed E-state index contributed by atoms with van der Waals surface area (Å²) in [5.74, 6) is 2.07. The van der Waals surface area contributed by atoms with Crippen molar-refractivity contribution in [3.05, 3.63) is 59.8 Å². The number of rotatable bonds is 10. The second-order valence-electron chi connectivity index (χ2n) is 9.76. The minimum Gasteiger partial charge on any atom is -0.497 e. The van der Waals surface area contributed by atoms with E-state index >= 15 is 0 Å². The van der Waals surface area contributed by atoms with E-state index in [-0.39, 0.29) is 30.2 Å². The Morgan fingerprint density at radius 2 is 2.05 bits per heavy atom. The van der Waals surface area contributed by atoms with Crippen LogP contribution in [0.2, 0.25) is 5.15 Å². The number of amides is 2. The van der Waals surface area contributed by atoms with Gasteiger partial charge in [0.2, 0.25) is 17.8 Å². The molecular formula is C27H34ClN7O3. The summed E-state index contributed by atoms with van der Waals surface area (Å²) < 4.78 is 6.96. The van der Waals surface area contributed by atoms with Crippen LogP contribution in [0.15, 0.2) is 49.1 Å². The minimum atomic E-state index is -0.265. The lowest BCUT2D eigenvalue weighted by Gasteiger charge is -2.42. The van der Waals surface area contributed by atoms with E-state index in [1.165, 1.54) is 0 Å². The fourth-order valence-corrected chi connectivity index (χ4v) is 4.70. The van der Waals surface area contributed by atoms with Gasteiger partial charge in [-0.3, -0.25) is 14.2 Å². The second kappa shape index (κ2) is 12.7. The Labute approximate surface area is 228 Å². The smallest absolute Gasteiger partial charge is 0.238 e. The Balaban J connectivity index is 1.48. The molecule has 11 heteroatoms. The maximum absolute atomic E-state index is 13.0. The van der Waals surface area contributed by atoms with Crippen molar-refractivity contribution in [3.63, 3.8) is 0 Å². The molecule has 2 amide bonds. The number of carbonyl (C=O) groups is 2. The molecule has 1 N–H and O–H groups in total. The Bertz CT molecular complexity index is 1240. The first-order chi connectivity index (χ1) is 18.3. The zero-order valence-corrected chi connectivity index (χ0v) is 22.8. The normalized spacial score (nSPS) is 15.6. The number of piperazine rings is 1. The van der Waals surface area contributed by atoms with Gasteiger partial charge >= 0.3 is 0 Å². The fourth-order valence-electron chi connectivity index (χ4n) is 4.53. The van der Waals surface area contributed by atoms with Crippen molar-refractivity contribution in [2.75, 3.05) is 38.2 Å². The van der Waals surface area contributed by atoms with E-state index in [1.807, 2.05) is 43.0 Å². The third-order valence-corrected chi connectivity index (χ3v) is 6.60. The lowest BCUT2D eigenvalue weighted by molar-refractivity contribution is -0.133. The molecular weight excluding hydrogens is 506 g/mol. The minimum absolute atomic E-state index is 0.0870. The van der Waals surface area contributed by atoms with Gasteiger partial charge in [0.15, 0.2) is 0 Å². The van der Waals surface area contributed by atoms with Gasteiger partial charge < -0.3 is 19.9 Å². The molecule has 3 aromatic rings. The molecule has 202 valence electrons. The number of nitrogens with one attached hydrogen (secondary N) is 1. The SMILES string of the molecule is COc1cccc(CCNC(=O)CC2CN(C(=O)CC(C)C)CCN2c2cc(Cl)nc(-n3ccnc3)n2)c1. The Morgan fingerprint density at radius 1 is 1.21 bits per heavy atom. The van der Waals surface area contributed by atoms with E-state index in [9.17, 15) is 9.59 Å². The van der Waals surface area contributed by atoms with E-state index in [4.69, 9.17) is 21.3 Å². The van der Waals surface area contributed by atoms with Gasteiger partial charge in [0.25, 0.3) is 0 Å². The molecule has 10 nitrogen and oxygen atoms in total. The van der Waals surface area contributed by atoms with Crippen molar-refractivity contribution in [2.45, 2.75) is 39.2 Å². The van der Waals surface area contributed by atoms with Gasteiger partial charge in [-0.1, -0.05) is 37.6 Å². The number of imidazole rings is 1. The van der Waals surface area contributed by atoms with Crippen LogP contribution in [0.5, 0.6) is 5.75 Å². The number of hydrogen-bond acceptors (Lipinski definition) is 7. The topological polar surface area (TPSA) is 105 Å². The van der Waals surface area contributed by atoms with Crippen molar-refractivity contribution in [1.29, 1.82) is 0 Å². The summed E-state index contributed by atoms with van der Waals surface area (Å²) in [5, 5.41) is 3.32. The van der Waals surface area contributed by atoms with Crippen molar-refractivity contribution in [2.24, 2.45) is 5.92 Å². The molecule has 0 bridgehead atoms. The molecule has 1 aromatic carbocycles. The third kappa shape index (κ3) is 7.22. The van der Waals surface area contributed by atoms with Crippen LogP contribution in [0.3, 0.4) is 0 Å². The Morgan fingerprint density at radius 3 is 2.79 bits per heavy atom. The summed E-state index contributed by atoms with van der Waals surface area (Å²) >= 11 is 6.36. The average molecular weight is 540 g/mol. The highest BCUT2D eigenvalue weighted by Gasteiger charge is 2.32. The van der Waals surface area contributed by atoms with Crippen LogP contribution in [-0.4, -0.2) is 75.6 Å². The van der Waals surface area contributed by atoms with Gasteiger partial charge in [-0.15, -0.1) is 0 Å². The molecule has 0 radical (unpaired) electrons. The standard InChI is InChI=1S/C27H34ClN7O3/c1-19(2)13-26(37)33-11-12-35(24-16-23(28)31-27(32-24)34-10-9-29-18-34)21(17-33)15-25(36)30-8-7-20-5-4-6-22(14-20)38-3/h4-6,9-10,14,16,18-19,21H,7-8,11-13,15,17H2,1-3H3,(H,30,36). The molecule has 38 heavy (non-hydrogen) atoms. The summed E-state index contributed by atoms with van der Waals surface area (Å²) in [6.45, 7) is 6.06. The van der Waals surface area contributed by atoms with Gasteiger partial charge in [-0.25, -0.2) is 9.97 Å². The lowest BCUT2D eigenvalue weighted by atomic mass is 10.0. The Hall–Kier alpha value is -3.66. The van der Waals surface area contributed by atoms with Gasteiger partial charge in [0, 0.05) is 57.5 Å². The van der Waals surface area contributed by atoms with Crippen LogP contribution in [0.1, 0.15) is 32.3 Å². The number of carbonyl (C=O) groups excluding carboxylic acids is 2. The highest BCUT2D eigenvalue weighted by Crippen LogP contribution is 2.25. The summed E-state index contributed by atoms with van der Waals surface area (Å²) in [5.41, 5.74) is 1.08. The summed E-state index contributed by atoms with van der Waals surface area (Å²) in [4.78, 5) is 42.9. The Kier molecular flexibility index (Phi) is 9.17. The highest BCUT2D eigenvalue weighted by atomic mass is 35.5. The lowest BCUT2D eigenvalue weighted by Crippen LogP contribution is -2.56. The fraction of sp³-hybridized carbons (Fsp3) is 0.444. The van der Waals surface area contributed by atoms with Gasteiger partial charge in [-0.05, 0) is 30.0 Å². The van der Waals surface area contributed by atoms with Crippen LogP contribution >= 0.6 is 11.6 Å². The number of methoxy groups -OCH3 is 1. The number of benzene rings is 1. The second-order valence-corrected chi connectivity index (χ2v) is 10.1. The molecule has 1 saturated heterocycles. The molecule has 1 fully saturated rings. The largest absolute Gasteiger partial charge is 0.497 e. The van der Waals surface area contributed by atoms with Crippen molar-refractivity contribution in [1.82, 2.24) is 29.7 Å². The monoisotopic (exact) mass is 539 g/mol. The molecule has 4 rings (SSSR count). The third-order valence-electron chi connectivity index (χ3n) is 6.41. The van der Waals surface area contributed by atoms with Crippen LogP contribution < -0.4 is 15.0 Å². The summed E-state index contributed by atoms with van der Waals surface area (Å²) in [7, 11) is 1.63. The van der Waals surface area contributed by atoms with E-state index in [0.717, 1.165) is 11.3 Å². The zero-order valence-electron chi connectivity index (χ0n) is 22.0. The van der Waals surface area contributed by atoms with Gasteiger partial charge in [0.1, 0.15) is 23.0 Å². The summed E-state index contributed by atoms with van der Waals surface area (Å²) in [6, 6.07) is 9.23. The molecule has 1 unspecified atom stereocenters. The van der Waals surface area contributed by atoms with E-state index in [2.05, 4.69) is 20.2 Å².